The number of hydrogen-bond acceptors (Lipinski definition) is 2. The molecule has 0 radical (unpaired) electrons. The van der Waals surface area contributed by atoms with Gasteiger partial charge in [0.15, 0.2) is 0 Å². The molecular formula is C11H21NO. The van der Waals surface area contributed by atoms with Crippen LogP contribution in [0.2, 0.25) is 0 Å². The fourth-order valence-electron chi connectivity index (χ4n) is 1.50. The molecule has 0 aliphatic carbocycles. The van der Waals surface area contributed by atoms with Gasteiger partial charge in [-0.3, -0.25) is 5.32 Å². The van der Waals surface area contributed by atoms with Crippen LogP contribution in [0.25, 0.3) is 0 Å². The summed E-state index contributed by atoms with van der Waals surface area (Å²) in [4.78, 5) is 0. The SMILES string of the molecule is C=CC(C)(C)CC1NC(C)(C)CO1. The predicted octanol–water partition coefficient (Wildman–Crippen LogP) is 2.31. The molecule has 1 saturated heterocycles. The van der Waals surface area contributed by atoms with E-state index in [-0.39, 0.29) is 17.2 Å². The summed E-state index contributed by atoms with van der Waals surface area (Å²) in [6, 6.07) is 0. The highest BCUT2D eigenvalue weighted by Gasteiger charge is 2.33. The summed E-state index contributed by atoms with van der Waals surface area (Å²) in [6.07, 6.45) is 3.16. The van der Waals surface area contributed by atoms with Crippen molar-refractivity contribution in [1.82, 2.24) is 5.32 Å². The summed E-state index contributed by atoms with van der Waals surface area (Å²) < 4.78 is 5.65. The van der Waals surface area contributed by atoms with Crippen molar-refractivity contribution >= 4 is 0 Å². The Morgan fingerprint density at radius 3 is 2.62 bits per heavy atom. The second-order valence-electron chi connectivity index (χ2n) is 5.22. The van der Waals surface area contributed by atoms with Crippen molar-refractivity contribution in [1.29, 1.82) is 0 Å². The first-order chi connectivity index (χ1) is 5.85. The van der Waals surface area contributed by atoms with Crippen molar-refractivity contribution in [3.8, 4) is 0 Å². The fourth-order valence-corrected chi connectivity index (χ4v) is 1.50. The number of allylic oxidation sites excluding steroid dienone is 1. The van der Waals surface area contributed by atoms with E-state index in [1.165, 1.54) is 0 Å². The average molecular weight is 183 g/mol. The maximum Gasteiger partial charge on any atom is 0.109 e. The molecule has 1 N–H and O–H groups in total. The van der Waals surface area contributed by atoms with Crippen LogP contribution in [0, 0.1) is 5.41 Å². The molecule has 1 fully saturated rings. The van der Waals surface area contributed by atoms with Crippen LogP contribution in [0.4, 0.5) is 0 Å². The van der Waals surface area contributed by atoms with E-state index in [1.807, 2.05) is 6.08 Å². The lowest BCUT2D eigenvalue weighted by atomic mass is 9.89. The molecular weight excluding hydrogens is 162 g/mol. The molecule has 1 rings (SSSR count). The minimum atomic E-state index is 0.127. The van der Waals surface area contributed by atoms with E-state index in [1.54, 1.807) is 0 Å². The third-order valence-corrected chi connectivity index (χ3v) is 2.46. The fraction of sp³-hybridized carbons (Fsp3) is 0.818. The third kappa shape index (κ3) is 3.12. The van der Waals surface area contributed by atoms with Gasteiger partial charge >= 0.3 is 0 Å². The van der Waals surface area contributed by atoms with Crippen LogP contribution in [0.3, 0.4) is 0 Å². The lowest BCUT2D eigenvalue weighted by molar-refractivity contribution is 0.0708. The molecule has 13 heavy (non-hydrogen) atoms. The van der Waals surface area contributed by atoms with Gasteiger partial charge in [0.1, 0.15) is 6.23 Å². The normalized spacial score (nSPS) is 27.5. The molecule has 0 spiro atoms. The van der Waals surface area contributed by atoms with E-state index in [0.29, 0.717) is 0 Å². The van der Waals surface area contributed by atoms with Crippen molar-refractivity contribution in [2.45, 2.75) is 45.9 Å². The van der Waals surface area contributed by atoms with Gasteiger partial charge < -0.3 is 4.74 Å². The maximum absolute atomic E-state index is 5.65. The first kappa shape index (κ1) is 10.7. The van der Waals surface area contributed by atoms with E-state index in [2.05, 4.69) is 39.6 Å². The molecule has 1 aliphatic rings. The van der Waals surface area contributed by atoms with Crippen LogP contribution in [-0.4, -0.2) is 18.4 Å². The van der Waals surface area contributed by atoms with Crippen LogP contribution in [0.1, 0.15) is 34.1 Å². The smallest absolute Gasteiger partial charge is 0.109 e. The highest BCUT2D eigenvalue weighted by atomic mass is 16.5. The van der Waals surface area contributed by atoms with Gasteiger partial charge in [-0.2, -0.15) is 0 Å². The van der Waals surface area contributed by atoms with Crippen molar-refractivity contribution in [3.05, 3.63) is 12.7 Å². The molecule has 2 heteroatoms. The molecule has 1 heterocycles. The highest BCUT2D eigenvalue weighted by molar-refractivity contribution is 4.93. The van der Waals surface area contributed by atoms with Crippen molar-refractivity contribution in [2.24, 2.45) is 5.41 Å². The Labute approximate surface area is 81.4 Å². The Balaban J connectivity index is 2.45. The molecule has 0 aromatic carbocycles. The average Bonchev–Trinajstić information content (AvgIpc) is 2.29. The standard InChI is InChI=1S/C11H21NO/c1-6-10(2,3)7-9-12-11(4,5)8-13-9/h6,9,12H,1,7-8H2,2-5H3. The van der Waals surface area contributed by atoms with Gasteiger partial charge in [0, 0.05) is 5.54 Å². The Hall–Kier alpha value is -0.340. The summed E-state index contributed by atoms with van der Waals surface area (Å²) in [6.45, 7) is 13.3. The molecule has 0 aromatic heterocycles. The molecule has 0 aromatic rings. The van der Waals surface area contributed by atoms with Gasteiger partial charge in [0.25, 0.3) is 0 Å². The van der Waals surface area contributed by atoms with Gasteiger partial charge in [0.05, 0.1) is 6.61 Å². The molecule has 1 unspecified atom stereocenters. The molecule has 0 bridgehead atoms. The van der Waals surface area contributed by atoms with Crippen LogP contribution < -0.4 is 5.32 Å². The van der Waals surface area contributed by atoms with Gasteiger partial charge in [-0.25, -0.2) is 0 Å². The van der Waals surface area contributed by atoms with Crippen LogP contribution in [0.15, 0.2) is 12.7 Å². The Morgan fingerprint density at radius 2 is 2.23 bits per heavy atom. The molecule has 2 nitrogen and oxygen atoms in total. The first-order valence-corrected chi connectivity index (χ1v) is 4.88. The van der Waals surface area contributed by atoms with Crippen LogP contribution in [-0.2, 0) is 4.74 Å². The lowest BCUT2D eigenvalue weighted by Crippen LogP contribution is -2.40. The van der Waals surface area contributed by atoms with Gasteiger partial charge in [-0.1, -0.05) is 19.9 Å². The third-order valence-electron chi connectivity index (χ3n) is 2.46. The number of rotatable bonds is 3. The topological polar surface area (TPSA) is 21.3 Å². The number of ether oxygens (including phenoxy) is 1. The van der Waals surface area contributed by atoms with E-state index in [4.69, 9.17) is 4.74 Å². The zero-order valence-electron chi connectivity index (χ0n) is 9.18. The summed E-state index contributed by atoms with van der Waals surface area (Å²) >= 11 is 0. The Bertz CT molecular complexity index is 196. The van der Waals surface area contributed by atoms with Crippen LogP contribution >= 0.6 is 0 Å². The van der Waals surface area contributed by atoms with E-state index >= 15 is 0 Å². The monoisotopic (exact) mass is 183 g/mol. The minimum absolute atomic E-state index is 0.127. The molecule has 0 saturated carbocycles. The summed E-state index contributed by atoms with van der Waals surface area (Å²) in [5.74, 6) is 0. The second kappa shape index (κ2) is 3.43. The highest BCUT2D eigenvalue weighted by Crippen LogP contribution is 2.27. The summed E-state index contributed by atoms with van der Waals surface area (Å²) in [5.41, 5.74) is 0.278. The van der Waals surface area contributed by atoms with Crippen LogP contribution in [0.5, 0.6) is 0 Å². The zero-order chi connectivity index (χ0) is 10.1. The quantitative estimate of drug-likeness (QED) is 0.678. The Morgan fingerprint density at radius 1 is 1.62 bits per heavy atom. The minimum Gasteiger partial charge on any atom is -0.361 e. The molecule has 0 amide bonds. The predicted molar refractivity (Wildman–Crippen MR) is 55.5 cm³/mol. The van der Waals surface area contributed by atoms with Gasteiger partial charge in [-0.05, 0) is 25.7 Å². The molecule has 1 aliphatic heterocycles. The van der Waals surface area contributed by atoms with Crippen molar-refractivity contribution < 1.29 is 4.74 Å². The van der Waals surface area contributed by atoms with E-state index in [0.717, 1.165) is 13.0 Å². The lowest BCUT2D eigenvalue weighted by Gasteiger charge is -2.24. The van der Waals surface area contributed by atoms with Gasteiger partial charge in [-0.15, -0.1) is 6.58 Å². The molecule has 1 atom stereocenters. The first-order valence-electron chi connectivity index (χ1n) is 4.88. The largest absolute Gasteiger partial charge is 0.361 e. The zero-order valence-corrected chi connectivity index (χ0v) is 9.18. The number of nitrogens with one attached hydrogen (secondary N) is 1. The van der Waals surface area contributed by atoms with Crippen molar-refractivity contribution in [2.75, 3.05) is 6.61 Å². The van der Waals surface area contributed by atoms with E-state index in [9.17, 15) is 0 Å². The summed E-state index contributed by atoms with van der Waals surface area (Å²) in [5, 5.41) is 3.45. The second-order valence-corrected chi connectivity index (χ2v) is 5.22. The summed E-state index contributed by atoms with van der Waals surface area (Å²) in [7, 11) is 0. The maximum atomic E-state index is 5.65. The number of hydrogen-bond donors (Lipinski definition) is 1. The Kier molecular flexibility index (Phi) is 2.83. The van der Waals surface area contributed by atoms with Crippen molar-refractivity contribution in [3.63, 3.8) is 0 Å². The van der Waals surface area contributed by atoms with E-state index < -0.39 is 0 Å². The molecule has 76 valence electrons. The van der Waals surface area contributed by atoms with Gasteiger partial charge in [0.2, 0.25) is 0 Å².